The molecule has 0 radical (unpaired) electrons. The molecule has 3 aliphatic rings. The molecule has 96 valence electrons. The van der Waals surface area contributed by atoms with E-state index in [1.807, 2.05) is 17.2 Å². The van der Waals surface area contributed by atoms with Crippen LogP contribution in [0.1, 0.15) is 28.3 Å². The van der Waals surface area contributed by atoms with Crippen LogP contribution >= 0.6 is 11.3 Å². The predicted octanol–water partition coefficient (Wildman–Crippen LogP) is 1.29. The van der Waals surface area contributed by atoms with Crippen molar-refractivity contribution < 1.29 is 9.90 Å². The van der Waals surface area contributed by atoms with E-state index in [0.29, 0.717) is 23.4 Å². The van der Waals surface area contributed by atoms with Crippen molar-refractivity contribution >= 4 is 17.2 Å². The van der Waals surface area contributed by atoms with E-state index in [4.69, 9.17) is 0 Å². The van der Waals surface area contributed by atoms with E-state index in [-0.39, 0.29) is 18.1 Å². The van der Waals surface area contributed by atoms with Gasteiger partial charge in [-0.25, -0.2) is 4.98 Å². The topological polar surface area (TPSA) is 53.4 Å². The second-order valence-corrected chi connectivity index (χ2v) is 6.91. The summed E-state index contributed by atoms with van der Waals surface area (Å²) < 4.78 is 0. The standard InChI is InChI=1S/C13H16N2O2S/c1-6-14-10(5-18-6)13(17)15-4-8-2-7-3-9(8)11(15)12(7)16/h5,7-9,11-12,16H,2-4H2,1H3. The van der Waals surface area contributed by atoms with Gasteiger partial charge in [-0.3, -0.25) is 4.79 Å². The Morgan fingerprint density at radius 3 is 3.00 bits per heavy atom. The SMILES string of the molecule is Cc1nc(C(=O)N2CC3CC4CC3C2C4O)cs1. The molecule has 5 atom stereocenters. The summed E-state index contributed by atoms with van der Waals surface area (Å²) in [6, 6.07) is 0.0586. The number of aliphatic hydroxyl groups excluding tert-OH is 1. The minimum atomic E-state index is -0.308. The maximum absolute atomic E-state index is 12.5. The maximum Gasteiger partial charge on any atom is 0.273 e. The van der Waals surface area contributed by atoms with Crippen LogP contribution in [-0.2, 0) is 0 Å². The summed E-state index contributed by atoms with van der Waals surface area (Å²) in [5.74, 6) is 1.60. The van der Waals surface area contributed by atoms with Crippen LogP contribution < -0.4 is 0 Å². The number of nitrogens with zero attached hydrogens (tertiary/aromatic N) is 2. The third-order valence-electron chi connectivity index (χ3n) is 4.95. The van der Waals surface area contributed by atoms with E-state index in [0.717, 1.165) is 24.4 Å². The molecule has 1 aliphatic heterocycles. The molecule has 2 aliphatic carbocycles. The third kappa shape index (κ3) is 1.29. The van der Waals surface area contributed by atoms with Crippen molar-refractivity contribution in [1.82, 2.24) is 9.88 Å². The fourth-order valence-electron chi connectivity index (χ4n) is 4.26. The molecule has 4 nitrogen and oxygen atoms in total. The lowest BCUT2D eigenvalue weighted by Gasteiger charge is -2.28. The van der Waals surface area contributed by atoms with Gasteiger partial charge < -0.3 is 10.0 Å². The molecule has 5 heteroatoms. The van der Waals surface area contributed by atoms with Gasteiger partial charge in [0.1, 0.15) is 5.69 Å². The van der Waals surface area contributed by atoms with Crippen LogP contribution in [0, 0.1) is 24.7 Å². The van der Waals surface area contributed by atoms with E-state index >= 15 is 0 Å². The van der Waals surface area contributed by atoms with E-state index in [1.165, 1.54) is 11.3 Å². The zero-order chi connectivity index (χ0) is 12.4. The first-order valence-electron chi connectivity index (χ1n) is 6.56. The van der Waals surface area contributed by atoms with Crippen molar-refractivity contribution in [3.8, 4) is 0 Å². The molecule has 1 amide bonds. The molecule has 2 bridgehead atoms. The normalized spacial score (nSPS) is 40.8. The highest BCUT2D eigenvalue weighted by Crippen LogP contribution is 2.55. The first-order valence-corrected chi connectivity index (χ1v) is 7.44. The Labute approximate surface area is 110 Å². The van der Waals surface area contributed by atoms with Gasteiger partial charge in [0.15, 0.2) is 0 Å². The Bertz CT molecular complexity index is 513. The number of rotatable bonds is 1. The lowest BCUT2D eigenvalue weighted by Crippen LogP contribution is -2.43. The Morgan fingerprint density at radius 1 is 1.50 bits per heavy atom. The number of amides is 1. The first kappa shape index (κ1) is 10.9. The molecule has 4 rings (SSSR count). The van der Waals surface area contributed by atoms with Crippen LogP contribution in [0.5, 0.6) is 0 Å². The van der Waals surface area contributed by atoms with Gasteiger partial charge in [0, 0.05) is 11.9 Å². The maximum atomic E-state index is 12.5. The molecule has 1 aromatic rings. The smallest absolute Gasteiger partial charge is 0.273 e. The van der Waals surface area contributed by atoms with Crippen molar-refractivity contribution in [2.24, 2.45) is 17.8 Å². The minimum Gasteiger partial charge on any atom is -0.391 e. The number of carbonyl (C=O) groups excluding carboxylic acids is 1. The zero-order valence-corrected chi connectivity index (χ0v) is 11.1. The largest absolute Gasteiger partial charge is 0.391 e. The van der Waals surface area contributed by atoms with Gasteiger partial charge in [-0.15, -0.1) is 11.3 Å². The van der Waals surface area contributed by atoms with Crippen LogP contribution in [0.2, 0.25) is 0 Å². The highest BCUT2D eigenvalue weighted by molar-refractivity contribution is 7.09. The van der Waals surface area contributed by atoms with E-state index in [9.17, 15) is 9.90 Å². The number of aryl methyl sites for hydroxylation is 1. The third-order valence-corrected chi connectivity index (χ3v) is 5.72. The van der Waals surface area contributed by atoms with Crippen molar-refractivity contribution in [2.75, 3.05) is 6.54 Å². The molecule has 18 heavy (non-hydrogen) atoms. The monoisotopic (exact) mass is 264 g/mol. The summed E-state index contributed by atoms with van der Waals surface area (Å²) in [6.45, 7) is 2.73. The van der Waals surface area contributed by atoms with Crippen molar-refractivity contribution in [3.63, 3.8) is 0 Å². The van der Waals surface area contributed by atoms with Crippen LogP contribution in [0.25, 0.3) is 0 Å². The lowest BCUT2D eigenvalue weighted by atomic mass is 9.88. The van der Waals surface area contributed by atoms with Gasteiger partial charge in [0.05, 0.1) is 17.2 Å². The number of likely N-dealkylation sites (tertiary alicyclic amines) is 1. The first-order chi connectivity index (χ1) is 8.65. The summed E-state index contributed by atoms with van der Waals surface area (Å²) in [4.78, 5) is 18.6. The fourth-order valence-corrected chi connectivity index (χ4v) is 4.84. The lowest BCUT2D eigenvalue weighted by molar-refractivity contribution is 0.0398. The summed E-state index contributed by atoms with van der Waals surface area (Å²) in [6.07, 6.45) is 1.90. The van der Waals surface area contributed by atoms with Crippen LogP contribution in [0.3, 0.4) is 0 Å². The summed E-state index contributed by atoms with van der Waals surface area (Å²) >= 11 is 1.51. The average molecular weight is 264 g/mol. The van der Waals surface area contributed by atoms with Gasteiger partial charge in [-0.05, 0) is 37.5 Å². The quantitative estimate of drug-likeness (QED) is 0.831. The van der Waals surface area contributed by atoms with E-state index in [1.54, 1.807) is 0 Å². The average Bonchev–Trinajstić information content (AvgIpc) is 3.01. The highest BCUT2D eigenvalue weighted by atomic mass is 32.1. The Hall–Kier alpha value is -0.940. The molecule has 1 saturated heterocycles. The number of fused-ring (bicyclic) bond motifs is 1. The summed E-state index contributed by atoms with van der Waals surface area (Å²) in [7, 11) is 0. The van der Waals surface area contributed by atoms with E-state index < -0.39 is 0 Å². The number of thiazole rings is 1. The van der Waals surface area contributed by atoms with Crippen LogP contribution in [-0.4, -0.2) is 39.6 Å². The van der Waals surface area contributed by atoms with Gasteiger partial charge >= 0.3 is 0 Å². The van der Waals surface area contributed by atoms with Gasteiger partial charge in [0.2, 0.25) is 0 Å². The van der Waals surface area contributed by atoms with E-state index in [2.05, 4.69) is 4.98 Å². The molecular weight excluding hydrogens is 248 g/mol. The molecule has 1 aromatic heterocycles. The molecule has 0 spiro atoms. The number of carbonyl (C=O) groups is 1. The van der Waals surface area contributed by atoms with Gasteiger partial charge in [0.25, 0.3) is 5.91 Å². The Kier molecular flexibility index (Phi) is 2.15. The Balaban J connectivity index is 1.65. The Morgan fingerprint density at radius 2 is 2.33 bits per heavy atom. The molecule has 2 saturated carbocycles. The molecule has 3 fully saturated rings. The number of hydrogen-bond donors (Lipinski definition) is 1. The molecule has 2 heterocycles. The van der Waals surface area contributed by atoms with Crippen molar-refractivity contribution in [3.05, 3.63) is 16.1 Å². The van der Waals surface area contributed by atoms with Gasteiger partial charge in [-0.2, -0.15) is 0 Å². The fraction of sp³-hybridized carbons (Fsp3) is 0.692. The highest BCUT2D eigenvalue weighted by Gasteiger charge is 2.60. The minimum absolute atomic E-state index is 0.0125. The predicted molar refractivity (Wildman–Crippen MR) is 67.4 cm³/mol. The zero-order valence-electron chi connectivity index (χ0n) is 10.2. The second-order valence-electron chi connectivity index (χ2n) is 5.85. The van der Waals surface area contributed by atoms with Crippen molar-refractivity contribution in [2.45, 2.75) is 31.9 Å². The molecular formula is C13H16N2O2S. The number of hydrogen-bond acceptors (Lipinski definition) is 4. The molecule has 5 unspecified atom stereocenters. The summed E-state index contributed by atoms with van der Waals surface area (Å²) in [5, 5.41) is 13.0. The van der Waals surface area contributed by atoms with Crippen LogP contribution in [0.15, 0.2) is 5.38 Å². The van der Waals surface area contributed by atoms with Crippen molar-refractivity contribution in [1.29, 1.82) is 0 Å². The molecule has 1 N–H and O–H groups in total. The number of aromatic nitrogens is 1. The summed E-state index contributed by atoms with van der Waals surface area (Å²) in [5.41, 5.74) is 0.550. The van der Waals surface area contributed by atoms with Gasteiger partial charge in [-0.1, -0.05) is 0 Å². The van der Waals surface area contributed by atoms with Crippen LogP contribution in [0.4, 0.5) is 0 Å². The molecule has 0 aromatic carbocycles. The number of aliphatic hydroxyl groups is 1. The second kappa shape index (κ2) is 3.54.